The maximum atomic E-state index is 10.8. The Bertz CT molecular complexity index is 544. The Morgan fingerprint density at radius 2 is 1.61 bits per heavy atom. The van der Waals surface area contributed by atoms with Crippen LogP contribution in [0.3, 0.4) is 0 Å². The number of ether oxygens (including phenoxy) is 1. The Morgan fingerprint density at radius 3 is 2.28 bits per heavy atom. The van der Waals surface area contributed by atoms with Gasteiger partial charge in [-0.2, -0.15) is 0 Å². The molecule has 0 atom stereocenters. The summed E-state index contributed by atoms with van der Waals surface area (Å²) in [6, 6.07) is 14.2. The fraction of sp³-hybridized carbons (Fsp3) is 0.0667. The normalized spacial score (nSPS) is 9.78. The van der Waals surface area contributed by atoms with Crippen LogP contribution < -0.4 is 4.74 Å². The molecule has 0 bridgehead atoms. The zero-order valence-corrected chi connectivity index (χ0v) is 9.71. The molecule has 2 aromatic rings. The molecule has 0 spiro atoms. The molecule has 0 radical (unpaired) electrons. The topological polar surface area (TPSA) is 43.4 Å². The monoisotopic (exact) mass is 240 g/mol. The third-order valence-corrected chi connectivity index (χ3v) is 2.56. The maximum absolute atomic E-state index is 10.8. The third-order valence-electron chi connectivity index (χ3n) is 2.56. The summed E-state index contributed by atoms with van der Waals surface area (Å²) in [4.78, 5) is 21.3. The Kier molecular flexibility index (Phi) is 3.86. The molecule has 3 nitrogen and oxygen atoms in total. The van der Waals surface area contributed by atoms with Crippen molar-refractivity contribution in [2.45, 2.75) is 6.61 Å². The lowest BCUT2D eigenvalue weighted by Gasteiger charge is -2.08. The van der Waals surface area contributed by atoms with Crippen molar-refractivity contribution in [3.05, 3.63) is 65.2 Å². The summed E-state index contributed by atoms with van der Waals surface area (Å²) >= 11 is 0. The summed E-state index contributed by atoms with van der Waals surface area (Å²) in [5.41, 5.74) is 2.11. The van der Waals surface area contributed by atoms with Crippen molar-refractivity contribution in [1.82, 2.24) is 0 Å². The van der Waals surface area contributed by atoms with Gasteiger partial charge in [-0.15, -0.1) is 0 Å². The zero-order chi connectivity index (χ0) is 12.8. The van der Waals surface area contributed by atoms with E-state index in [4.69, 9.17) is 4.74 Å². The van der Waals surface area contributed by atoms with Gasteiger partial charge in [0.15, 0.2) is 6.29 Å². The second-order valence-electron chi connectivity index (χ2n) is 3.80. The predicted octanol–water partition coefficient (Wildman–Crippen LogP) is 2.89. The zero-order valence-electron chi connectivity index (χ0n) is 9.71. The van der Waals surface area contributed by atoms with E-state index in [0.717, 1.165) is 18.1 Å². The first-order valence-electron chi connectivity index (χ1n) is 5.54. The van der Waals surface area contributed by atoms with E-state index in [9.17, 15) is 9.59 Å². The number of para-hydroxylation sites is 1. The summed E-state index contributed by atoms with van der Waals surface area (Å²) in [5, 5.41) is 0. The van der Waals surface area contributed by atoms with Crippen molar-refractivity contribution in [3.8, 4) is 5.75 Å². The van der Waals surface area contributed by atoms with Crippen LogP contribution >= 0.6 is 0 Å². The van der Waals surface area contributed by atoms with Crippen molar-refractivity contribution < 1.29 is 14.3 Å². The Hall–Kier alpha value is -2.42. The molecule has 0 aromatic heterocycles. The first-order chi connectivity index (χ1) is 8.83. The first kappa shape index (κ1) is 12.0. The van der Waals surface area contributed by atoms with Crippen molar-refractivity contribution in [1.29, 1.82) is 0 Å². The van der Waals surface area contributed by atoms with Crippen molar-refractivity contribution in [3.63, 3.8) is 0 Å². The highest BCUT2D eigenvalue weighted by Crippen LogP contribution is 2.17. The van der Waals surface area contributed by atoms with E-state index in [-0.39, 0.29) is 0 Å². The van der Waals surface area contributed by atoms with Gasteiger partial charge in [0.1, 0.15) is 18.6 Å². The second-order valence-corrected chi connectivity index (χ2v) is 3.80. The molecule has 0 saturated carbocycles. The van der Waals surface area contributed by atoms with E-state index in [1.54, 1.807) is 30.3 Å². The Morgan fingerprint density at radius 1 is 0.889 bits per heavy atom. The van der Waals surface area contributed by atoms with Gasteiger partial charge in [0, 0.05) is 5.56 Å². The van der Waals surface area contributed by atoms with Crippen LogP contribution in [-0.2, 0) is 6.61 Å². The molecule has 0 saturated heterocycles. The molecule has 0 aliphatic heterocycles. The van der Waals surface area contributed by atoms with Gasteiger partial charge in [0.25, 0.3) is 0 Å². The minimum Gasteiger partial charge on any atom is -0.488 e. The van der Waals surface area contributed by atoms with Crippen LogP contribution in [0, 0.1) is 0 Å². The van der Waals surface area contributed by atoms with E-state index in [0.29, 0.717) is 23.5 Å². The Labute approximate surface area is 105 Å². The fourth-order valence-corrected chi connectivity index (χ4v) is 1.56. The van der Waals surface area contributed by atoms with Crippen molar-refractivity contribution >= 4 is 12.6 Å². The average molecular weight is 240 g/mol. The van der Waals surface area contributed by atoms with Gasteiger partial charge in [-0.25, -0.2) is 0 Å². The van der Waals surface area contributed by atoms with Crippen molar-refractivity contribution in [2.75, 3.05) is 0 Å². The SMILES string of the molecule is O=Cc1ccc(COc2ccccc2C=O)cc1. The number of hydrogen-bond donors (Lipinski definition) is 0. The van der Waals surface area contributed by atoms with Crippen LogP contribution in [0.1, 0.15) is 26.3 Å². The van der Waals surface area contributed by atoms with Crippen LogP contribution in [0.15, 0.2) is 48.5 Å². The lowest BCUT2D eigenvalue weighted by molar-refractivity contribution is 0.111. The molecule has 0 unspecified atom stereocenters. The van der Waals surface area contributed by atoms with Crippen LogP contribution in [-0.4, -0.2) is 12.6 Å². The smallest absolute Gasteiger partial charge is 0.153 e. The van der Waals surface area contributed by atoms with Crippen LogP contribution in [0.2, 0.25) is 0 Å². The summed E-state index contributed by atoms with van der Waals surface area (Å²) in [6.45, 7) is 0.365. The van der Waals surface area contributed by atoms with Gasteiger partial charge in [-0.3, -0.25) is 9.59 Å². The molecule has 2 aromatic carbocycles. The summed E-state index contributed by atoms with van der Waals surface area (Å²) in [6.07, 6.45) is 1.57. The molecule has 90 valence electrons. The predicted molar refractivity (Wildman–Crippen MR) is 68.0 cm³/mol. The number of carbonyl (C=O) groups excluding carboxylic acids is 2. The number of rotatable bonds is 5. The van der Waals surface area contributed by atoms with Gasteiger partial charge < -0.3 is 4.74 Å². The fourth-order valence-electron chi connectivity index (χ4n) is 1.56. The van der Waals surface area contributed by atoms with Gasteiger partial charge in [-0.1, -0.05) is 36.4 Å². The molecule has 3 heteroatoms. The molecule has 0 fully saturated rings. The summed E-state index contributed by atoms with van der Waals surface area (Å²) in [7, 11) is 0. The van der Waals surface area contributed by atoms with E-state index in [1.807, 2.05) is 18.2 Å². The third kappa shape index (κ3) is 2.83. The molecule has 18 heavy (non-hydrogen) atoms. The lowest BCUT2D eigenvalue weighted by Crippen LogP contribution is -1.98. The minimum absolute atomic E-state index is 0.365. The largest absolute Gasteiger partial charge is 0.488 e. The van der Waals surface area contributed by atoms with Crippen LogP contribution in [0.25, 0.3) is 0 Å². The van der Waals surface area contributed by atoms with Gasteiger partial charge in [0.05, 0.1) is 5.56 Å². The van der Waals surface area contributed by atoms with E-state index in [2.05, 4.69) is 0 Å². The highest BCUT2D eigenvalue weighted by molar-refractivity contribution is 5.79. The summed E-state index contributed by atoms with van der Waals surface area (Å²) < 4.78 is 5.57. The highest BCUT2D eigenvalue weighted by Gasteiger charge is 2.01. The Balaban J connectivity index is 2.06. The maximum Gasteiger partial charge on any atom is 0.153 e. The number of carbonyl (C=O) groups is 2. The number of benzene rings is 2. The molecule has 0 heterocycles. The molecule has 0 aliphatic carbocycles. The first-order valence-corrected chi connectivity index (χ1v) is 5.54. The van der Waals surface area contributed by atoms with E-state index >= 15 is 0 Å². The standard InChI is InChI=1S/C15H12O3/c16-9-12-5-7-13(8-6-12)11-18-15-4-2-1-3-14(15)10-17/h1-10H,11H2. The summed E-state index contributed by atoms with van der Waals surface area (Å²) in [5.74, 6) is 0.562. The van der Waals surface area contributed by atoms with E-state index < -0.39 is 0 Å². The molecule has 2 rings (SSSR count). The second kappa shape index (κ2) is 5.77. The van der Waals surface area contributed by atoms with Gasteiger partial charge in [0.2, 0.25) is 0 Å². The minimum atomic E-state index is 0.365. The van der Waals surface area contributed by atoms with Crippen LogP contribution in [0.4, 0.5) is 0 Å². The van der Waals surface area contributed by atoms with Crippen molar-refractivity contribution in [2.24, 2.45) is 0 Å². The highest BCUT2D eigenvalue weighted by atomic mass is 16.5. The molecular formula is C15H12O3. The lowest BCUT2D eigenvalue weighted by atomic mass is 10.1. The number of aldehydes is 2. The average Bonchev–Trinajstić information content (AvgIpc) is 2.46. The number of hydrogen-bond acceptors (Lipinski definition) is 3. The molecular weight excluding hydrogens is 228 g/mol. The van der Waals surface area contributed by atoms with E-state index in [1.165, 1.54) is 0 Å². The van der Waals surface area contributed by atoms with Crippen LogP contribution in [0.5, 0.6) is 5.75 Å². The molecule has 0 N–H and O–H groups in total. The van der Waals surface area contributed by atoms with Gasteiger partial charge >= 0.3 is 0 Å². The quantitative estimate of drug-likeness (QED) is 0.755. The van der Waals surface area contributed by atoms with Gasteiger partial charge in [-0.05, 0) is 17.7 Å². The molecule has 0 amide bonds. The molecule has 0 aliphatic rings.